The van der Waals surface area contributed by atoms with Gasteiger partial charge in [0.05, 0.1) is 26.5 Å². The molecule has 2 atom stereocenters. The Morgan fingerprint density at radius 1 is 0.860 bits per heavy atom. The van der Waals surface area contributed by atoms with Crippen LogP contribution < -0.4 is 25.5 Å². The lowest BCUT2D eigenvalue weighted by Gasteiger charge is -2.28. The highest BCUT2D eigenvalue weighted by molar-refractivity contribution is 6.07. The summed E-state index contributed by atoms with van der Waals surface area (Å²) in [6, 6.07) is 18.9. The number of anilines is 1. The Bertz CT molecular complexity index is 1790. The van der Waals surface area contributed by atoms with Crippen molar-refractivity contribution in [2.45, 2.75) is 25.5 Å². The number of aliphatic hydroxyl groups excluding tert-OH is 1. The van der Waals surface area contributed by atoms with E-state index in [-0.39, 0.29) is 35.8 Å². The van der Waals surface area contributed by atoms with Gasteiger partial charge in [0.25, 0.3) is 17.0 Å². The fourth-order valence-corrected chi connectivity index (χ4v) is 5.37. The van der Waals surface area contributed by atoms with Gasteiger partial charge in [0.15, 0.2) is 17.1 Å². The van der Waals surface area contributed by atoms with Crippen LogP contribution in [0.2, 0.25) is 0 Å². The van der Waals surface area contributed by atoms with E-state index in [1.165, 1.54) is 28.3 Å². The van der Waals surface area contributed by atoms with E-state index in [1.54, 1.807) is 86.1 Å². The molecule has 10 nitrogen and oxygen atoms in total. The van der Waals surface area contributed by atoms with Crippen molar-refractivity contribution in [1.29, 1.82) is 0 Å². The van der Waals surface area contributed by atoms with E-state index in [0.29, 0.717) is 29.0 Å². The first kappa shape index (κ1) is 29.6. The predicted molar refractivity (Wildman–Crippen MR) is 162 cm³/mol. The van der Waals surface area contributed by atoms with Crippen LogP contribution in [0.3, 0.4) is 0 Å². The molecule has 1 aliphatic rings. The number of benzene rings is 2. The summed E-state index contributed by atoms with van der Waals surface area (Å²) in [6.45, 7) is 1.84. The first-order valence-corrected chi connectivity index (χ1v) is 13.8. The fourth-order valence-electron chi connectivity index (χ4n) is 5.37. The van der Waals surface area contributed by atoms with Gasteiger partial charge >= 0.3 is 0 Å². The topological polar surface area (TPSA) is 123 Å². The number of nitrogens with zero attached hydrogens (tertiary/aromatic N) is 3. The maximum absolute atomic E-state index is 14.0. The second-order valence-electron chi connectivity index (χ2n) is 10.3. The second-order valence-corrected chi connectivity index (χ2v) is 10.3. The molecule has 0 bridgehead atoms. The third-order valence-corrected chi connectivity index (χ3v) is 7.73. The predicted octanol–water partition coefficient (Wildman–Crippen LogP) is 3.31. The van der Waals surface area contributed by atoms with Gasteiger partial charge in [-0.05, 0) is 66.6 Å². The molecule has 2 aromatic heterocycles. The Hall–Kier alpha value is -4.93. The summed E-state index contributed by atoms with van der Waals surface area (Å²) < 4.78 is 13.2. The Kier molecular flexibility index (Phi) is 8.33. The Balaban J connectivity index is 1.54. The quantitative estimate of drug-likeness (QED) is 0.275. The van der Waals surface area contributed by atoms with Crippen LogP contribution in [0.5, 0.6) is 11.5 Å². The first-order valence-electron chi connectivity index (χ1n) is 13.8. The summed E-state index contributed by atoms with van der Waals surface area (Å²) in [6.07, 6.45) is 7.07. The van der Waals surface area contributed by atoms with Crippen LogP contribution in [-0.4, -0.2) is 46.1 Å². The zero-order chi connectivity index (χ0) is 30.7. The van der Waals surface area contributed by atoms with Crippen LogP contribution >= 0.6 is 0 Å². The molecule has 3 heterocycles. The number of rotatable bonds is 10. The SMILES string of the molecule is COc1cccn(-c2ccc(CN3C(=O)[C@@](O)([C@@H](C)/C=C/CCO)c4cc(-n5cccc(OC)c5=O)ccc43)cc2)c1=O. The molecular formula is C33H33N3O7. The van der Waals surface area contributed by atoms with Gasteiger partial charge in [-0.3, -0.25) is 23.5 Å². The molecule has 0 saturated heterocycles. The maximum atomic E-state index is 14.0. The van der Waals surface area contributed by atoms with Crippen LogP contribution in [-0.2, 0) is 16.9 Å². The van der Waals surface area contributed by atoms with Gasteiger partial charge in [-0.1, -0.05) is 31.2 Å². The zero-order valence-corrected chi connectivity index (χ0v) is 24.1. The molecule has 1 amide bonds. The van der Waals surface area contributed by atoms with E-state index in [2.05, 4.69) is 0 Å². The van der Waals surface area contributed by atoms with E-state index in [0.717, 1.165) is 5.56 Å². The smallest absolute Gasteiger partial charge is 0.297 e. The van der Waals surface area contributed by atoms with Crippen molar-refractivity contribution in [2.24, 2.45) is 5.92 Å². The van der Waals surface area contributed by atoms with Crippen LogP contribution in [0.15, 0.2) is 101 Å². The number of fused-ring (bicyclic) bond motifs is 1. The van der Waals surface area contributed by atoms with Crippen LogP contribution in [0, 0.1) is 5.92 Å². The molecule has 43 heavy (non-hydrogen) atoms. The molecule has 0 fully saturated rings. The number of hydrogen-bond acceptors (Lipinski definition) is 7. The number of methoxy groups -OCH3 is 2. The molecular weight excluding hydrogens is 550 g/mol. The molecule has 2 aromatic carbocycles. The number of pyridine rings is 2. The highest BCUT2D eigenvalue weighted by Gasteiger charge is 2.52. The molecule has 0 saturated carbocycles. The number of aliphatic hydroxyl groups is 2. The molecule has 0 radical (unpaired) electrons. The zero-order valence-electron chi connectivity index (χ0n) is 24.1. The number of carbonyl (C=O) groups is 1. The summed E-state index contributed by atoms with van der Waals surface area (Å²) in [5.74, 6) is -0.763. The summed E-state index contributed by atoms with van der Waals surface area (Å²) >= 11 is 0. The summed E-state index contributed by atoms with van der Waals surface area (Å²) in [4.78, 5) is 41.2. The minimum absolute atomic E-state index is 0.0565. The molecule has 0 spiro atoms. The molecule has 1 aliphatic heterocycles. The Labute approximate surface area is 248 Å². The Morgan fingerprint density at radius 2 is 1.44 bits per heavy atom. The highest BCUT2D eigenvalue weighted by atomic mass is 16.5. The second kappa shape index (κ2) is 12.1. The maximum Gasteiger partial charge on any atom is 0.297 e. The van der Waals surface area contributed by atoms with Crippen molar-refractivity contribution in [3.8, 4) is 22.9 Å². The van der Waals surface area contributed by atoms with Gasteiger partial charge in [0, 0.05) is 41.9 Å². The number of carbonyl (C=O) groups excluding carboxylic acids is 1. The highest BCUT2D eigenvalue weighted by Crippen LogP contribution is 2.46. The molecule has 222 valence electrons. The summed E-state index contributed by atoms with van der Waals surface area (Å²) in [5.41, 5.74) is 0.172. The standard InChI is InChI=1S/C33H33N3O7/c1-22(8-4-5-19-37)33(41)26-20-25(35-18-7-10-29(43-3)31(35)39)15-16-27(26)36(32(33)40)21-23-11-13-24(14-12-23)34-17-6-9-28(42-2)30(34)38/h4,6-18,20,22,37,41H,5,19,21H2,1-3H3/b8-4+/t22-,33+/m0/s1. The number of aromatic nitrogens is 2. The van der Waals surface area contributed by atoms with Gasteiger partial charge in [0.1, 0.15) is 0 Å². The van der Waals surface area contributed by atoms with Crippen molar-refractivity contribution >= 4 is 11.6 Å². The van der Waals surface area contributed by atoms with Gasteiger partial charge in [-0.15, -0.1) is 0 Å². The van der Waals surface area contributed by atoms with E-state index < -0.39 is 17.4 Å². The van der Waals surface area contributed by atoms with Crippen molar-refractivity contribution in [1.82, 2.24) is 9.13 Å². The number of hydrogen-bond donors (Lipinski definition) is 2. The molecule has 2 N–H and O–H groups in total. The third-order valence-electron chi connectivity index (χ3n) is 7.73. The lowest BCUT2D eigenvalue weighted by molar-refractivity contribution is -0.139. The average molecular weight is 584 g/mol. The van der Waals surface area contributed by atoms with E-state index in [4.69, 9.17) is 9.47 Å². The monoisotopic (exact) mass is 583 g/mol. The normalized spacial score (nSPS) is 16.9. The molecule has 0 unspecified atom stereocenters. The van der Waals surface area contributed by atoms with E-state index >= 15 is 0 Å². The minimum atomic E-state index is -1.92. The summed E-state index contributed by atoms with van der Waals surface area (Å²) in [5, 5.41) is 21.3. The largest absolute Gasteiger partial charge is 0.491 e. The fraction of sp³-hybridized carbons (Fsp3) is 0.242. The van der Waals surface area contributed by atoms with Gasteiger partial charge in [0.2, 0.25) is 0 Å². The van der Waals surface area contributed by atoms with Crippen molar-refractivity contribution in [3.63, 3.8) is 0 Å². The van der Waals surface area contributed by atoms with Crippen molar-refractivity contribution in [3.05, 3.63) is 123 Å². The van der Waals surface area contributed by atoms with Crippen LogP contribution in [0.1, 0.15) is 24.5 Å². The van der Waals surface area contributed by atoms with Crippen molar-refractivity contribution in [2.75, 3.05) is 25.7 Å². The van der Waals surface area contributed by atoms with Gasteiger partial charge in [-0.25, -0.2) is 0 Å². The Morgan fingerprint density at radius 3 is 2.02 bits per heavy atom. The van der Waals surface area contributed by atoms with Crippen LogP contribution in [0.25, 0.3) is 11.4 Å². The lowest BCUT2D eigenvalue weighted by atomic mass is 9.82. The third kappa shape index (κ3) is 5.26. The molecule has 0 aliphatic carbocycles. The molecule has 10 heteroatoms. The van der Waals surface area contributed by atoms with Gasteiger partial charge in [-0.2, -0.15) is 0 Å². The van der Waals surface area contributed by atoms with Crippen molar-refractivity contribution < 1.29 is 24.5 Å². The van der Waals surface area contributed by atoms with E-state index in [1.807, 2.05) is 12.1 Å². The lowest BCUT2D eigenvalue weighted by Crippen LogP contribution is -2.44. The first-order chi connectivity index (χ1) is 20.7. The number of amides is 1. The minimum Gasteiger partial charge on any atom is -0.491 e. The molecule has 5 rings (SSSR count). The van der Waals surface area contributed by atoms with Crippen LogP contribution in [0.4, 0.5) is 5.69 Å². The van der Waals surface area contributed by atoms with E-state index in [9.17, 15) is 24.6 Å². The summed E-state index contributed by atoms with van der Waals surface area (Å²) in [7, 11) is 2.86. The number of ether oxygens (including phenoxy) is 2. The van der Waals surface area contributed by atoms with Gasteiger partial charge < -0.3 is 24.6 Å². The average Bonchev–Trinajstić information content (AvgIpc) is 3.24. The molecule has 4 aromatic rings.